The molecule has 0 unspecified atom stereocenters. The number of benzene rings is 2. The molecule has 1 aliphatic heterocycles. The highest BCUT2D eigenvalue weighted by atomic mass is 35.5. The van der Waals surface area contributed by atoms with Gasteiger partial charge in [-0.1, -0.05) is 11.6 Å². The molecule has 0 saturated carbocycles. The predicted octanol–water partition coefficient (Wildman–Crippen LogP) is 3.08. The molecule has 1 fully saturated rings. The molecule has 112 valence electrons. The van der Waals surface area contributed by atoms with Gasteiger partial charge >= 0.3 is 5.63 Å². The zero-order chi connectivity index (χ0) is 15.3. The molecule has 0 radical (unpaired) electrons. The Labute approximate surface area is 129 Å². The number of aromatic hydroxyl groups is 1. The molecule has 0 bridgehead atoms. The van der Waals surface area contributed by atoms with Crippen molar-refractivity contribution >= 4 is 33.3 Å². The molecule has 1 saturated heterocycles. The molecular weight excluding hydrogens is 308 g/mol. The van der Waals surface area contributed by atoms with Crippen LogP contribution in [0.2, 0.25) is 5.02 Å². The monoisotopic (exact) mass is 318 g/mol. The Morgan fingerprint density at radius 3 is 2.73 bits per heavy atom. The average molecular weight is 319 g/mol. The van der Waals surface area contributed by atoms with Gasteiger partial charge in [0.15, 0.2) is 0 Å². The first-order chi connectivity index (χ1) is 10.6. The molecule has 2 aromatic carbocycles. The van der Waals surface area contributed by atoms with Crippen molar-refractivity contribution in [2.24, 2.45) is 0 Å². The van der Waals surface area contributed by atoms with E-state index >= 15 is 0 Å². The first-order valence-corrected chi connectivity index (χ1v) is 7.13. The van der Waals surface area contributed by atoms with Crippen LogP contribution in [0.25, 0.3) is 21.7 Å². The van der Waals surface area contributed by atoms with Crippen molar-refractivity contribution in [2.75, 3.05) is 13.2 Å². The molecule has 1 N–H and O–H groups in total. The largest absolute Gasteiger partial charge is 0.508 e. The molecule has 0 spiro atoms. The molecular formula is C16H11ClO5. The summed E-state index contributed by atoms with van der Waals surface area (Å²) in [4.78, 5) is 12.2. The zero-order valence-electron chi connectivity index (χ0n) is 11.3. The van der Waals surface area contributed by atoms with E-state index < -0.39 is 5.63 Å². The van der Waals surface area contributed by atoms with Crippen molar-refractivity contribution in [2.45, 2.75) is 6.10 Å². The van der Waals surface area contributed by atoms with Crippen molar-refractivity contribution in [3.05, 3.63) is 45.8 Å². The van der Waals surface area contributed by atoms with Gasteiger partial charge in [-0.3, -0.25) is 0 Å². The Balaban J connectivity index is 1.97. The normalized spacial score (nSPS) is 15.1. The van der Waals surface area contributed by atoms with Gasteiger partial charge in [0.2, 0.25) is 0 Å². The maximum Gasteiger partial charge on any atom is 0.344 e. The van der Waals surface area contributed by atoms with Crippen LogP contribution in [0.4, 0.5) is 0 Å². The Bertz CT molecular complexity index is 943. The van der Waals surface area contributed by atoms with Crippen LogP contribution >= 0.6 is 11.6 Å². The van der Waals surface area contributed by atoms with E-state index in [1.54, 1.807) is 18.2 Å². The van der Waals surface area contributed by atoms with E-state index in [0.717, 1.165) is 0 Å². The third kappa shape index (κ3) is 2.10. The Morgan fingerprint density at radius 2 is 2.00 bits per heavy atom. The fraction of sp³-hybridized carbons (Fsp3) is 0.188. The minimum atomic E-state index is -0.523. The van der Waals surface area contributed by atoms with Crippen LogP contribution in [0.3, 0.4) is 0 Å². The van der Waals surface area contributed by atoms with Crippen molar-refractivity contribution < 1.29 is 19.0 Å². The van der Waals surface area contributed by atoms with E-state index in [1.807, 2.05) is 0 Å². The molecule has 6 heteroatoms. The van der Waals surface area contributed by atoms with Gasteiger partial charge in [0, 0.05) is 16.8 Å². The Kier molecular flexibility index (Phi) is 2.99. The number of halogens is 1. The maximum absolute atomic E-state index is 12.2. The summed E-state index contributed by atoms with van der Waals surface area (Å²) in [6.07, 6.45) is -0.0158. The summed E-state index contributed by atoms with van der Waals surface area (Å²) in [6.45, 7) is 1.06. The lowest BCUT2D eigenvalue weighted by Gasteiger charge is -2.26. The molecule has 2 heterocycles. The quantitative estimate of drug-likeness (QED) is 0.581. The maximum atomic E-state index is 12.2. The number of ether oxygens (including phenoxy) is 2. The van der Waals surface area contributed by atoms with Gasteiger partial charge in [0.1, 0.15) is 23.2 Å². The number of phenols is 1. The molecule has 0 amide bonds. The lowest BCUT2D eigenvalue weighted by atomic mass is 10.1. The third-order valence-corrected chi connectivity index (χ3v) is 3.93. The van der Waals surface area contributed by atoms with Crippen molar-refractivity contribution in [1.29, 1.82) is 0 Å². The number of hydrogen-bond acceptors (Lipinski definition) is 5. The topological polar surface area (TPSA) is 68.9 Å². The van der Waals surface area contributed by atoms with E-state index in [4.69, 9.17) is 25.5 Å². The first kappa shape index (κ1) is 13.4. The molecule has 0 atom stereocenters. The van der Waals surface area contributed by atoms with Crippen LogP contribution in [0.15, 0.2) is 39.5 Å². The van der Waals surface area contributed by atoms with Crippen LogP contribution in [0, 0.1) is 0 Å². The second-order valence-electron chi connectivity index (χ2n) is 5.17. The van der Waals surface area contributed by atoms with Crippen molar-refractivity contribution in [1.82, 2.24) is 0 Å². The molecule has 5 nitrogen and oxygen atoms in total. The summed E-state index contributed by atoms with van der Waals surface area (Å²) in [5.74, 6) is 0.535. The molecule has 0 aliphatic carbocycles. The summed E-state index contributed by atoms with van der Waals surface area (Å²) >= 11 is 6.34. The predicted molar refractivity (Wildman–Crippen MR) is 81.9 cm³/mol. The van der Waals surface area contributed by atoms with Crippen LogP contribution in [0.1, 0.15) is 0 Å². The number of phenolic OH excluding ortho intramolecular Hbond substituents is 1. The molecule has 1 aliphatic rings. The van der Waals surface area contributed by atoms with Gasteiger partial charge in [-0.2, -0.15) is 0 Å². The smallest absolute Gasteiger partial charge is 0.344 e. The minimum Gasteiger partial charge on any atom is -0.508 e. The van der Waals surface area contributed by atoms with Gasteiger partial charge < -0.3 is 19.0 Å². The summed E-state index contributed by atoms with van der Waals surface area (Å²) in [5, 5.41) is 11.5. The van der Waals surface area contributed by atoms with E-state index in [9.17, 15) is 9.90 Å². The molecule has 4 rings (SSSR count). The van der Waals surface area contributed by atoms with Gasteiger partial charge in [-0.25, -0.2) is 4.79 Å². The highest BCUT2D eigenvalue weighted by molar-refractivity contribution is 6.37. The molecule has 3 aromatic rings. The van der Waals surface area contributed by atoms with Crippen LogP contribution in [-0.4, -0.2) is 24.4 Å². The fourth-order valence-electron chi connectivity index (χ4n) is 2.52. The zero-order valence-corrected chi connectivity index (χ0v) is 12.1. The SMILES string of the molecule is O=c1oc2cc(O)ccc2c2c(Cl)cc(OC3COC3)cc12. The van der Waals surface area contributed by atoms with E-state index in [-0.39, 0.29) is 11.9 Å². The number of hydrogen-bond donors (Lipinski definition) is 1. The van der Waals surface area contributed by atoms with Crippen molar-refractivity contribution in [3.8, 4) is 11.5 Å². The lowest BCUT2D eigenvalue weighted by Crippen LogP contribution is -2.38. The van der Waals surface area contributed by atoms with Crippen LogP contribution in [0.5, 0.6) is 11.5 Å². The minimum absolute atomic E-state index is 0.0158. The average Bonchev–Trinajstić information content (AvgIpc) is 2.43. The Hall–Kier alpha value is -2.24. The fourth-order valence-corrected chi connectivity index (χ4v) is 2.83. The summed E-state index contributed by atoms with van der Waals surface area (Å²) in [6, 6.07) is 7.88. The van der Waals surface area contributed by atoms with Gasteiger partial charge in [-0.05, 0) is 24.3 Å². The van der Waals surface area contributed by atoms with Gasteiger partial charge in [0.05, 0.1) is 23.6 Å². The first-order valence-electron chi connectivity index (χ1n) is 6.75. The molecule has 22 heavy (non-hydrogen) atoms. The van der Waals surface area contributed by atoms with E-state index in [0.29, 0.717) is 45.7 Å². The number of rotatable bonds is 2. The summed E-state index contributed by atoms with van der Waals surface area (Å²) in [7, 11) is 0. The number of fused-ring (bicyclic) bond motifs is 3. The van der Waals surface area contributed by atoms with E-state index in [1.165, 1.54) is 12.1 Å². The van der Waals surface area contributed by atoms with Crippen LogP contribution in [-0.2, 0) is 4.74 Å². The van der Waals surface area contributed by atoms with Crippen LogP contribution < -0.4 is 10.4 Å². The van der Waals surface area contributed by atoms with Crippen molar-refractivity contribution in [3.63, 3.8) is 0 Å². The second kappa shape index (κ2) is 4.90. The highest BCUT2D eigenvalue weighted by Crippen LogP contribution is 2.34. The molecule has 1 aromatic heterocycles. The second-order valence-corrected chi connectivity index (χ2v) is 5.58. The van der Waals surface area contributed by atoms with Gasteiger partial charge in [-0.15, -0.1) is 0 Å². The summed E-state index contributed by atoms with van der Waals surface area (Å²) in [5.41, 5.74) is -0.231. The standard InChI is InChI=1S/C16H11ClO5/c17-13-5-9(21-10-6-20-7-10)4-12-15(13)11-2-1-8(18)3-14(11)22-16(12)19/h1-5,10,18H,6-7H2. The van der Waals surface area contributed by atoms with E-state index in [2.05, 4.69) is 0 Å². The third-order valence-electron chi connectivity index (χ3n) is 3.63. The highest BCUT2D eigenvalue weighted by Gasteiger charge is 2.21. The Morgan fingerprint density at radius 1 is 1.18 bits per heavy atom. The summed E-state index contributed by atoms with van der Waals surface area (Å²) < 4.78 is 16.0. The van der Waals surface area contributed by atoms with Gasteiger partial charge in [0.25, 0.3) is 0 Å². The lowest BCUT2D eigenvalue weighted by molar-refractivity contribution is -0.0796.